The van der Waals surface area contributed by atoms with Crippen LogP contribution in [0.1, 0.15) is 16.1 Å². The fourth-order valence-electron chi connectivity index (χ4n) is 1.60. The summed E-state index contributed by atoms with van der Waals surface area (Å²) in [6.07, 6.45) is -2.42. The van der Waals surface area contributed by atoms with Gasteiger partial charge in [0.15, 0.2) is 6.29 Å². The van der Waals surface area contributed by atoms with Crippen LogP contribution < -0.4 is 0 Å². The van der Waals surface area contributed by atoms with E-state index in [2.05, 4.69) is 0 Å². The van der Waals surface area contributed by atoms with Gasteiger partial charge < -0.3 is 4.57 Å². The third-order valence-electron chi connectivity index (χ3n) is 2.39. The number of benzene rings is 1. The van der Waals surface area contributed by atoms with Gasteiger partial charge in [-0.2, -0.15) is 13.2 Å². The number of aromatic nitrogens is 1. The maximum absolute atomic E-state index is 12.6. The summed E-state index contributed by atoms with van der Waals surface area (Å²) >= 11 is 5.67. The summed E-state index contributed by atoms with van der Waals surface area (Å²) in [7, 11) is 0. The second-order valence-electron chi connectivity index (χ2n) is 3.62. The van der Waals surface area contributed by atoms with E-state index in [9.17, 15) is 18.0 Å². The van der Waals surface area contributed by atoms with Crippen molar-refractivity contribution in [3.8, 4) is 5.69 Å². The third kappa shape index (κ3) is 2.41. The highest BCUT2D eigenvalue weighted by molar-refractivity contribution is 6.30. The van der Waals surface area contributed by atoms with Gasteiger partial charge in [0.2, 0.25) is 0 Å². The number of carbonyl (C=O) groups is 1. The molecule has 0 aliphatic carbocycles. The van der Waals surface area contributed by atoms with Crippen molar-refractivity contribution in [3.05, 3.63) is 52.8 Å². The van der Waals surface area contributed by atoms with Gasteiger partial charge in [0.25, 0.3) is 0 Å². The fraction of sp³-hybridized carbons (Fsp3) is 0.0833. The minimum absolute atomic E-state index is 0.0367. The van der Waals surface area contributed by atoms with Crippen LogP contribution >= 0.6 is 11.6 Å². The molecule has 0 atom stereocenters. The van der Waals surface area contributed by atoms with Crippen molar-refractivity contribution >= 4 is 17.9 Å². The highest BCUT2D eigenvalue weighted by atomic mass is 35.5. The average molecular weight is 274 g/mol. The Hall–Kier alpha value is -1.75. The fourth-order valence-corrected chi connectivity index (χ4v) is 1.83. The number of carbonyl (C=O) groups excluding carboxylic acids is 1. The van der Waals surface area contributed by atoms with Crippen LogP contribution in [0.5, 0.6) is 0 Å². The summed E-state index contributed by atoms with van der Waals surface area (Å²) in [6, 6.07) is 6.22. The van der Waals surface area contributed by atoms with Crippen LogP contribution in [0.3, 0.4) is 0 Å². The number of hydrogen-bond acceptors (Lipinski definition) is 1. The zero-order valence-electron chi connectivity index (χ0n) is 8.91. The Morgan fingerprint density at radius 3 is 2.56 bits per heavy atom. The first-order valence-corrected chi connectivity index (χ1v) is 5.30. The van der Waals surface area contributed by atoms with Gasteiger partial charge in [-0.25, -0.2) is 0 Å². The van der Waals surface area contributed by atoms with Crippen molar-refractivity contribution in [1.82, 2.24) is 4.57 Å². The topological polar surface area (TPSA) is 22.0 Å². The summed E-state index contributed by atoms with van der Waals surface area (Å²) in [5.41, 5.74) is -0.400. The lowest BCUT2D eigenvalue weighted by Gasteiger charge is -2.11. The number of rotatable bonds is 2. The van der Waals surface area contributed by atoms with Crippen LogP contribution in [0.15, 0.2) is 36.5 Å². The highest BCUT2D eigenvalue weighted by Crippen LogP contribution is 2.33. The standard InChI is InChI=1S/C12H7ClF3NO/c13-9-4-8(12(14,15)16)5-11(6-9)17-3-1-2-10(17)7-18/h1-7H. The Morgan fingerprint density at radius 2 is 1.94 bits per heavy atom. The van der Waals surface area contributed by atoms with E-state index in [1.165, 1.54) is 22.9 Å². The molecule has 0 N–H and O–H groups in total. The first-order chi connectivity index (χ1) is 8.41. The lowest BCUT2D eigenvalue weighted by molar-refractivity contribution is -0.137. The maximum Gasteiger partial charge on any atom is 0.416 e. The molecule has 0 amide bonds. The Bertz CT molecular complexity index is 589. The van der Waals surface area contributed by atoms with Crippen molar-refractivity contribution in [2.24, 2.45) is 0 Å². The van der Waals surface area contributed by atoms with Gasteiger partial charge in [0.05, 0.1) is 11.3 Å². The van der Waals surface area contributed by atoms with E-state index in [0.717, 1.165) is 12.1 Å². The highest BCUT2D eigenvalue weighted by Gasteiger charge is 2.31. The Balaban J connectivity index is 2.59. The summed E-state index contributed by atoms with van der Waals surface area (Å²) in [4.78, 5) is 10.8. The normalized spacial score (nSPS) is 11.6. The molecule has 1 aromatic heterocycles. The molecule has 0 aliphatic heterocycles. The number of alkyl halides is 3. The second kappa shape index (κ2) is 4.49. The molecule has 0 saturated carbocycles. The molecule has 0 radical (unpaired) electrons. The second-order valence-corrected chi connectivity index (χ2v) is 4.05. The SMILES string of the molecule is O=Cc1cccn1-c1cc(Cl)cc(C(F)(F)F)c1. The van der Waals surface area contributed by atoms with Crippen molar-refractivity contribution in [2.75, 3.05) is 0 Å². The van der Waals surface area contributed by atoms with E-state index in [-0.39, 0.29) is 16.4 Å². The zero-order valence-corrected chi connectivity index (χ0v) is 9.66. The largest absolute Gasteiger partial charge is 0.416 e. The summed E-state index contributed by atoms with van der Waals surface area (Å²) < 4.78 is 39.2. The summed E-state index contributed by atoms with van der Waals surface area (Å²) in [5.74, 6) is 0. The first kappa shape index (κ1) is 12.7. The average Bonchev–Trinajstić information content (AvgIpc) is 2.74. The monoisotopic (exact) mass is 273 g/mol. The summed E-state index contributed by atoms with van der Waals surface area (Å²) in [5, 5.41) is -0.0367. The molecule has 0 spiro atoms. The van der Waals surface area contributed by atoms with Gasteiger partial charge in [0, 0.05) is 16.9 Å². The minimum Gasteiger partial charge on any atom is -0.314 e. The summed E-state index contributed by atoms with van der Waals surface area (Å²) in [6.45, 7) is 0. The molecule has 6 heteroatoms. The van der Waals surface area contributed by atoms with Crippen molar-refractivity contribution < 1.29 is 18.0 Å². The van der Waals surface area contributed by atoms with E-state index in [4.69, 9.17) is 11.6 Å². The van der Waals surface area contributed by atoms with Crippen LogP contribution in [0, 0.1) is 0 Å². The molecule has 1 heterocycles. The molecular weight excluding hydrogens is 267 g/mol. The molecule has 0 bridgehead atoms. The number of hydrogen-bond donors (Lipinski definition) is 0. The lowest BCUT2D eigenvalue weighted by atomic mass is 10.2. The van der Waals surface area contributed by atoms with Crippen LogP contribution in [0.2, 0.25) is 5.02 Å². The van der Waals surface area contributed by atoms with Crippen molar-refractivity contribution in [3.63, 3.8) is 0 Å². The van der Waals surface area contributed by atoms with Crippen LogP contribution in [-0.4, -0.2) is 10.9 Å². The van der Waals surface area contributed by atoms with E-state index < -0.39 is 11.7 Å². The van der Waals surface area contributed by atoms with Gasteiger partial charge in [-0.3, -0.25) is 4.79 Å². The molecule has 0 aliphatic rings. The molecule has 2 nitrogen and oxygen atoms in total. The van der Waals surface area contributed by atoms with E-state index in [0.29, 0.717) is 6.29 Å². The Labute approximate surface area is 106 Å². The lowest BCUT2D eigenvalue weighted by Crippen LogP contribution is -2.07. The van der Waals surface area contributed by atoms with Crippen molar-refractivity contribution in [2.45, 2.75) is 6.18 Å². The molecule has 0 fully saturated rings. The predicted molar refractivity (Wildman–Crippen MR) is 61.2 cm³/mol. The van der Waals surface area contributed by atoms with E-state index in [1.54, 1.807) is 6.07 Å². The van der Waals surface area contributed by atoms with Crippen LogP contribution in [0.25, 0.3) is 5.69 Å². The third-order valence-corrected chi connectivity index (χ3v) is 2.61. The minimum atomic E-state index is -4.48. The van der Waals surface area contributed by atoms with Crippen LogP contribution in [-0.2, 0) is 6.18 Å². The quantitative estimate of drug-likeness (QED) is 0.759. The van der Waals surface area contributed by atoms with Crippen molar-refractivity contribution in [1.29, 1.82) is 0 Å². The van der Waals surface area contributed by atoms with Gasteiger partial charge >= 0.3 is 6.18 Å². The molecule has 0 unspecified atom stereocenters. The zero-order chi connectivity index (χ0) is 13.3. The van der Waals surface area contributed by atoms with Gasteiger partial charge in [-0.15, -0.1) is 0 Å². The van der Waals surface area contributed by atoms with Gasteiger partial charge in [-0.05, 0) is 30.3 Å². The Kier molecular flexibility index (Phi) is 3.17. The molecule has 2 aromatic rings. The van der Waals surface area contributed by atoms with E-state index in [1.807, 2.05) is 0 Å². The first-order valence-electron chi connectivity index (χ1n) is 4.92. The molecule has 2 rings (SSSR count). The molecule has 18 heavy (non-hydrogen) atoms. The number of halogens is 4. The predicted octanol–water partition coefficient (Wildman–Crippen LogP) is 3.96. The van der Waals surface area contributed by atoms with E-state index >= 15 is 0 Å². The smallest absolute Gasteiger partial charge is 0.314 e. The Morgan fingerprint density at radius 1 is 1.22 bits per heavy atom. The van der Waals surface area contributed by atoms with Gasteiger partial charge in [-0.1, -0.05) is 11.6 Å². The number of aldehydes is 1. The maximum atomic E-state index is 12.6. The molecule has 94 valence electrons. The molecular formula is C12H7ClF3NO. The van der Waals surface area contributed by atoms with Crippen LogP contribution in [0.4, 0.5) is 13.2 Å². The molecule has 1 aromatic carbocycles. The van der Waals surface area contributed by atoms with Gasteiger partial charge in [0.1, 0.15) is 0 Å². The molecule has 0 saturated heterocycles. The number of nitrogens with zero attached hydrogens (tertiary/aromatic N) is 1.